The highest BCUT2D eigenvalue weighted by Gasteiger charge is 2.58. The van der Waals surface area contributed by atoms with E-state index in [2.05, 4.69) is 0 Å². The van der Waals surface area contributed by atoms with Crippen molar-refractivity contribution in [1.29, 1.82) is 0 Å². The molecule has 2 aromatic rings. The van der Waals surface area contributed by atoms with Crippen LogP contribution in [-0.2, 0) is 0 Å². The molecular weight excluding hydrogens is 443 g/mol. The van der Waals surface area contributed by atoms with Crippen LogP contribution < -0.4 is 10.9 Å². The topological polar surface area (TPSA) is 0 Å². The van der Waals surface area contributed by atoms with Crippen molar-refractivity contribution in [3.05, 3.63) is 58.2 Å². The maximum atomic E-state index is 14.9. The first-order valence-electron chi connectivity index (χ1n) is 9.50. The number of halogens is 10. The maximum Gasteiger partial charge on any atom is 0.275 e. The lowest BCUT2D eigenvalue weighted by Crippen LogP contribution is -2.79. The summed E-state index contributed by atoms with van der Waals surface area (Å²) in [6.07, 6.45) is -4.28. The molecule has 0 aliphatic carbocycles. The van der Waals surface area contributed by atoms with Gasteiger partial charge in [0.05, 0.1) is 0 Å². The van der Waals surface area contributed by atoms with Crippen LogP contribution in [0.15, 0.2) is 0 Å². The van der Waals surface area contributed by atoms with Crippen molar-refractivity contribution in [2.24, 2.45) is 0 Å². The molecule has 2 aromatic carbocycles. The smallest absolute Gasteiger partial charge is 0.275 e. The zero-order chi connectivity index (χ0) is 23.5. The van der Waals surface area contributed by atoms with Gasteiger partial charge in [-0.2, -0.15) is 0 Å². The van der Waals surface area contributed by atoms with E-state index in [1.54, 1.807) is 0 Å². The molecule has 0 radical (unpaired) electrons. The number of rotatable bonds is 4. The molecule has 1 aliphatic rings. The zero-order valence-corrected chi connectivity index (χ0v) is 16.3. The van der Waals surface area contributed by atoms with Gasteiger partial charge in [-0.1, -0.05) is 10.9 Å². The van der Waals surface area contributed by atoms with Crippen LogP contribution in [0.4, 0.5) is 43.9 Å². The van der Waals surface area contributed by atoms with E-state index >= 15 is 0 Å². The van der Waals surface area contributed by atoms with E-state index in [1.807, 2.05) is 0 Å². The minimum Gasteiger partial charge on any atom is -0.508 e. The monoisotopic (exact) mass is 459 g/mol. The van der Waals surface area contributed by atoms with E-state index < -0.39 is 86.1 Å². The van der Waals surface area contributed by atoms with Gasteiger partial charge in [0, 0.05) is 19.6 Å². The molecule has 1 heterocycles. The first kappa shape index (κ1) is 23.4. The van der Waals surface area contributed by atoms with Gasteiger partial charge in [0.25, 0.3) is 6.28 Å². The molecule has 0 N–H and O–H groups in total. The molecule has 0 saturated carbocycles. The fourth-order valence-corrected chi connectivity index (χ4v) is 5.42. The number of benzene rings is 2. The van der Waals surface area contributed by atoms with Crippen molar-refractivity contribution in [1.82, 2.24) is 0 Å². The summed E-state index contributed by atoms with van der Waals surface area (Å²) >= 11 is 0. The van der Waals surface area contributed by atoms with E-state index in [9.17, 15) is 43.9 Å². The van der Waals surface area contributed by atoms with Gasteiger partial charge in [0.2, 0.25) is 0 Å². The number of nitrogens with zero attached hydrogens (tertiary/aromatic N) is 1. The summed E-state index contributed by atoms with van der Waals surface area (Å²) < 4.78 is 143. The second-order valence-electron chi connectivity index (χ2n) is 7.68. The van der Waals surface area contributed by atoms with Crippen molar-refractivity contribution < 1.29 is 48.3 Å². The van der Waals surface area contributed by atoms with Crippen LogP contribution in [-0.4, -0.2) is 30.3 Å². The van der Waals surface area contributed by atoms with Gasteiger partial charge in [0.1, 0.15) is 23.3 Å². The molecule has 1 fully saturated rings. The standard InChI is InChI=1S/C19H16BF10N/c1-3-31(4-2)7-5-6-20(31,8-10(21)14(25)18(29)15(26)11(8)22)9-12(23)16(27)19(30)17(28)13(9)24/h3-7H2,1-2H3. The predicted molar refractivity (Wildman–Crippen MR) is 93.1 cm³/mol. The van der Waals surface area contributed by atoms with Crippen LogP contribution in [0.25, 0.3) is 0 Å². The molecule has 31 heavy (non-hydrogen) atoms. The van der Waals surface area contributed by atoms with Crippen molar-refractivity contribution in [3.63, 3.8) is 0 Å². The van der Waals surface area contributed by atoms with E-state index in [4.69, 9.17) is 0 Å². The Labute approximate surface area is 170 Å². The summed E-state index contributed by atoms with van der Waals surface area (Å²) in [4.78, 5) is 0. The second kappa shape index (κ2) is 7.72. The van der Waals surface area contributed by atoms with Crippen molar-refractivity contribution in [2.75, 3.05) is 19.6 Å². The van der Waals surface area contributed by atoms with Gasteiger partial charge in [-0.15, -0.1) is 6.32 Å². The Morgan fingerprint density at radius 2 is 0.839 bits per heavy atom. The van der Waals surface area contributed by atoms with E-state index in [1.165, 1.54) is 13.8 Å². The normalized spacial score (nSPS) is 17.4. The highest BCUT2D eigenvalue weighted by atomic mass is 19.2. The van der Waals surface area contributed by atoms with E-state index in [-0.39, 0.29) is 26.1 Å². The average Bonchev–Trinajstić information content (AvgIpc) is 3.13. The summed E-state index contributed by atoms with van der Waals surface area (Å²) in [5.74, 6) is -23.9. The molecular formula is C19H16BF10N. The Morgan fingerprint density at radius 3 is 1.13 bits per heavy atom. The van der Waals surface area contributed by atoms with Gasteiger partial charge in [-0.25, -0.2) is 43.9 Å². The Morgan fingerprint density at radius 1 is 0.548 bits per heavy atom. The Hall–Kier alpha value is -2.24. The Bertz CT molecular complexity index is 939. The number of hydrogen-bond donors (Lipinski definition) is 0. The quantitative estimate of drug-likeness (QED) is 0.276. The first-order valence-corrected chi connectivity index (χ1v) is 9.50. The van der Waals surface area contributed by atoms with Gasteiger partial charge in [-0.05, 0) is 20.3 Å². The van der Waals surface area contributed by atoms with E-state index in [0.29, 0.717) is 0 Å². The molecule has 1 saturated heterocycles. The number of quaternary nitrogens is 1. The summed E-state index contributed by atoms with van der Waals surface area (Å²) in [6.45, 7) is 2.57. The number of hydrogen-bond acceptors (Lipinski definition) is 0. The lowest BCUT2D eigenvalue weighted by Gasteiger charge is -2.56. The second-order valence-corrected chi connectivity index (χ2v) is 7.68. The van der Waals surface area contributed by atoms with Crippen molar-refractivity contribution in [2.45, 2.75) is 26.6 Å². The molecule has 0 bridgehead atoms. The summed E-state index contributed by atoms with van der Waals surface area (Å²) in [5, 5.41) is 0. The first-order chi connectivity index (χ1) is 14.4. The van der Waals surface area contributed by atoms with Crippen LogP contribution in [0, 0.1) is 58.2 Å². The fourth-order valence-electron chi connectivity index (χ4n) is 5.42. The highest BCUT2D eigenvalue weighted by Crippen LogP contribution is 2.38. The lowest BCUT2D eigenvalue weighted by atomic mass is 9.24. The van der Waals surface area contributed by atoms with E-state index in [0.717, 1.165) is 0 Å². The third-order valence-electron chi connectivity index (χ3n) is 6.86. The summed E-state index contributed by atoms with van der Waals surface area (Å²) in [5.41, 5.74) is -3.11. The van der Waals surface area contributed by atoms with Crippen LogP contribution in [0.1, 0.15) is 20.3 Å². The maximum absolute atomic E-state index is 14.9. The molecule has 0 atom stereocenters. The van der Waals surface area contributed by atoms with Crippen molar-refractivity contribution in [3.8, 4) is 0 Å². The average molecular weight is 459 g/mol. The Kier molecular flexibility index (Phi) is 5.83. The zero-order valence-electron chi connectivity index (χ0n) is 16.3. The van der Waals surface area contributed by atoms with Gasteiger partial charge in [-0.3, -0.25) is 0 Å². The third kappa shape index (κ3) is 2.83. The van der Waals surface area contributed by atoms with Crippen LogP contribution in [0.3, 0.4) is 0 Å². The van der Waals surface area contributed by atoms with Gasteiger partial charge >= 0.3 is 0 Å². The molecule has 1 aliphatic heterocycles. The molecule has 0 spiro atoms. The summed E-state index contributed by atoms with van der Waals surface area (Å²) in [7, 11) is 0. The van der Waals surface area contributed by atoms with Gasteiger partial charge in [0.15, 0.2) is 34.9 Å². The third-order valence-corrected chi connectivity index (χ3v) is 6.86. The lowest BCUT2D eigenvalue weighted by molar-refractivity contribution is -0.820. The molecule has 0 amide bonds. The molecule has 3 rings (SSSR count). The van der Waals surface area contributed by atoms with Crippen molar-refractivity contribution >= 4 is 17.2 Å². The molecule has 170 valence electrons. The molecule has 0 unspecified atom stereocenters. The van der Waals surface area contributed by atoms with Crippen LogP contribution in [0.2, 0.25) is 6.32 Å². The largest absolute Gasteiger partial charge is 0.508 e. The molecule has 0 aromatic heterocycles. The van der Waals surface area contributed by atoms with Gasteiger partial charge < -0.3 is 4.39 Å². The van der Waals surface area contributed by atoms with Crippen LogP contribution >= 0.6 is 0 Å². The fraction of sp³-hybridized carbons (Fsp3) is 0.368. The molecule has 1 nitrogen and oxygen atoms in total. The molecule has 12 heteroatoms. The van der Waals surface area contributed by atoms with Crippen LogP contribution in [0.5, 0.6) is 0 Å². The highest BCUT2D eigenvalue weighted by molar-refractivity contribution is 6.97. The Balaban J connectivity index is 2.64. The summed E-state index contributed by atoms with van der Waals surface area (Å²) in [6, 6.07) is 0. The minimum absolute atomic E-state index is 0.0132. The predicted octanol–water partition coefficient (Wildman–Crippen LogP) is 4.40. The SMILES string of the molecule is CC[N+]1(CC)CCC[B-]1(c1c(F)c(F)c(F)c(F)c1F)c1c(F)c(F)c(F)c(F)c1F. The minimum atomic E-state index is -3.71.